The summed E-state index contributed by atoms with van der Waals surface area (Å²) in [5.41, 5.74) is -1.36. The predicted octanol–water partition coefficient (Wildman–Crippen LogP) is 2.41. The van der Waals surface area contributed by atoms with Crippen LogP contribution in [0.3, 0.4) is 0 Å². The molecule has 0 bridgehead atoms. The Balaban J connectivity index is 2.28. The maximum Gasteiger partial charge on any atom is 0.296 e. The third kappa shape index (κ3) is 4.69. The van der Waals surface area contributed by atoms with E-state index in [0.717, 1.165) is 36.4 Å². The van der Waals surface area contributed by atoms with Crippen molar-refractivity contribution in [2.45, 2.75) is 14.7 Å². The van der Waals surface area contributed by atoms with E-state index in [1.807, 2.05) is 0 Å². The van der Waals surface area contributed by atoms with Gasteiger partial charge in [0.2, 0.25) is 0 Å². The Morgan fingerprint density at radius 2 is 1.22 bits per heavy atom. The molecule has 16 heteroatoms. The number of aromatic hydroxyl groups is 2. The predicted molar refractivity (Wildman–Crippen MR) is 107 cm³/mol. The van der Waals surface area contributed by atoms with Gasteiger partial charge in [0.25, 0.3) is 30.4 Å². The molecule has 0 amide bonds. The van der Waals surface area contributed by atoms with Crippen molar-refractivity contribution in [1.82, 2.24) is 0 Å². The first-order chi connectivity index (χ1) is 14.6. The molecular weight excluding hydrogens is 492 g/mol. The van der Waals surface area contributed by atoms with Crippen LogP contribution in [0.1, 0.15) is 0 Å². The van der Waals surface area contributed by atoms with E-state index >= 15 is 0 Å². The molecule has 3 aromatic carbocycles. The average molecular weight is 504 g/mol. The Bertz CT molecular complexity index is 1610. The largest absolute Gasteiger partial charge is 0.506 e. The Morgan fingerprint density at radius 1 is 0.656 bits per heavy atom. The van der Waals surface area contributed by atoms with E-state index < -0.39 is 67.9 Å². The van der Waals surface area contributed by atoms with Crippen molar-refractivity contribution in [1.29, 1.82) is 0 Å². The van der Waals surface area contributed by atoms with E-state index in [0.29, 0.717) is 6.07 Å². The van der Waals surface area contributed by atoms with Gasteiger partial charge >= 0.3 is 0 Å². The van der Waals surface area contributed by atoms with Crippen LogP contribution in [-0.4, -0.2) is 49.1 Å². The zero-order valence-corrected chi connectivity index (χ0v) is 17.8. The minimum absolute atomic E-state index is 0.144. The number of hydrogen-bond acceptors (Lipinski definition) is 10. The van der Waals surface area contributed by atoms with Crippen LogP contribution in [0.4, 0.5) is 11.4 Å². The lowest BCUT2D eigenvalue weighted by molar-refractivity contribution is 0.471. The van der Waals surface area contributed by atoms with E-state index in [1.165, 1.54) is 0 Å². The summed E-state index contributed by atoms with van der Waals surface area (Å²) < 4.78 is 96.5. The highest BCUT2D eigenvalue weighted by molar-refractivity contribution is 7.86. The summed E-state index contributed by atoms with van der Waals surface area (Å²) in [4.78, 5) is -2.30. The molecule has 0 aromatic heterocycles. The van der Waals surface area contributed by atoms with Gasteiger partial charge in [-0.3, -0.25) is 13.7 Å². The first kappa shape index (κ1) is 23.5. The summed E-state index contributed by atoms with van der Waals surface area (Å²) in [6, 6.07) is 5.94. The molecule has 0 saturated heterocycles. The summed E-state index contributed by atoms with van der Waals surface area (Å²) in [5.74, 6) is -1.49. The van der Waals surface area contributed by atoms with Gasteiger partial charge in [0.15, 0.2) is 5.75 Å². The summed E-state index contributed by atoms with van der Waals surface area (Å²) in [6.07, 6.45) is 0. The van der Waals surface area contributed by atoms with Gasteiger partial charge in [0.1, 0.15) is 22.0 Å². The van der Waals surface area contributed by atoms with E-state index in [4.69, 9.17) is 9.11 Å². The summed E-state index contributed by atoms with van der Waals surface area (Å²) in [7, 11) is -14.4. The summed E-state index contributed by atoms with van der Waals surface area (Å²) >= 11 is 0. The third-order valence-corrected chi connectivity index (χ3v) is 6.67. The molecular formula is C16H12N2O11S3. The van der Waals surface area contributed by atoms with Crippen LogP contribution in [0.2, 0.25) is 0 Å². The number of benzene rings is 3. The van der Waals surface area contributed by atoms with Crippen LogP contribution in [0, 0.1) is 0 Å². The van der Waals surface area contributed by atoms with Crippen LogP contribution in [0.5, 0.6) is 11.5 Å². The number of fused-ring (bicyclic) bond motifs is 1. The molecule has 13 nitrogen and oxygen atoms in total. The Hall–Kier alpha value is -3.15. The van der Waals surface area contributed by atoms with Gasteiger partial charge in [-0.2, -0.15) is 25.3 Å². The van der Waals surface area contributed by atoms with Gasteiger partial charge in [0, 0.05) is 5.39 Å². The van der Waals surface area contributed by atoms with Gasteiger partial charge in [-0.05, 0) is 47.9 Å². The molecule has 5 N–H and O–H groups in total. The third-order valence-electron chi connectivity index (χ3n) is 4.10. The first-order valence-electron chi connectivity index (χ1n) is 8.06. The fourth-order valence-electron chi connectivity index (χ4n) is 2.63. The minimum Gasteiger partial charge on any atom is -0.506 e. The SMILES string of the molecule is O=S(=O)(O)c1ccc(O)c(N=Nc2c(S(=O)(=O)O)cc3cc(S(=O)(=O)O)ccc3c2O)c1. The van der Waals surface area contributed by atoms with E-state index in [9.17, 15) is 40.0 Å². The van der Waals surface area contributed by atoms with Crippen molar-refractivity contribution in [2.75, 3.05) is 0 Å². The number of phenols is 2. The first-order valence-corrected chi connectivity index (χ1v) is 12.4. The molecule has 0 fully saturated rings. The lowest BCUT2D eigenvalue weighted by Gasteiger charge is -2.10. The second-order valence-corrected chi connectivity index (χ2v) is 10.5. The van der Waals surface area contributed by atoms with Crippen molar-refractivity contribution in [3.8, 4) is 11.5 Å². The summed E-state index contributed by atoms with van der Waals surface area (Å²) in [5, 5.41) is 26.9. The van der Waals surface area contributed by atoms with Gasteiger partial charge in [-0.1, -0.05) is 0 Å². The lowest BCUT2D eigenvalue weighted by atomic mass is 10.1. The highest BCUT2D eigenvalue weighted by Crippen LogP contribution is 2.42. The maximum atomic E-state index is 11.8. The second-order valence-electron chi connectivity index (χ2n) is 6.23. The van der Waals surface area contributed by atoms with E-state index in [1.54, 1.807) is 0 Å². The number of azo groups is 1. The number of phenolic OH excluding ortho intramolecular Hbond substituents is 2. The fraction of sp³-hybridized carbons (Fsp3) is 0. The maximum absolute atomic E-state index is 11.8. The normalized spacial score (nSPS) is 13.1. The molecule has 0 saturated carbocycles. The number of nitrogens with zero attached hydrogens (tertiary/aromatic N) is 2. The molecule has 3 aromatic rings. The quantitative estimate of drug-likeness (QED) is 0.250. The van der Waals surface area contributed by atoms with Crippen molar-refractivity contribution < 1.29 is 49.1 Å². The van der Waals surface area contributed by atoms with Crippen molar-refractivity contribution >= 4 is 52.5 Å². The summed E-state index contributed by atoms with van der Waals surface area (Å²) in [6.45, 7) is 0. The smallest absolute Gasteiger partial charge is 0.296 e. The van der Waals surface area contributed by atoms with Gasteiger partial charge < -0.3 is 10.2 Å². The molecule has 0 unspecified atom stereocenters. The Labute approximate surface area is 180 Å². The second kappa shape index (κ2) is 7.76. The highest BCUT2D eigenvalue weighted by atomic mass is 32.2. The average Bonchev–Trinajstić information content (AvgIpc) is 2.65. The monoisotopic (exact) mass is 504 g/mol. The number of hydrogen-bond donors (Lipinski definition) is 5. The molecule has 170 valence electrons. The molecule has 0 radical (unpaired) electrons. The standard InChI is InChI=1S/C16H12N2O11S3/c19-13-4-2-10(31(24,25)26)7-12(13)17-18-15-14(32(27,28)29)6-8-5-9(30(21,22)23)1-3-11(8)16(15)20/h1-7,19-20H,(H,21,22,23)(H,24,25,26)(H,27,28,29). The number of rotatable bonds is 5. The van der Waals surface area contributed by atoms with E-state index in [2.05, 4.69) is 10.2 Å². The minimum atomic E-state index is -5.07. The van der Waals surface area contributed by atoms with Gasteiger partial charge in [0.05, 0.1) is 9.79 Å². The van der Waals surface area contributed by atoms with Gasteiger partial charge in [-0.25, -0.2) is 0 Å². The van der Waals surface area contributed by atoms with Crippen LogP contribution in [0.15, 0.2) is 67.4 Å². The highest BCUT2D eigenvalue weighted by Gasteiger charge is 2.23. The Morgan fingerprint density at radius 3 is 1.78 bits per heavy atom. The van der Waals surface area contributed by atoms with Crippen LogP contribution in [0.25, 0.3) is 10.8 Å². The molecule has 0 spiro atoms. The zero-order valence-electron chi connectivity index (χ0n) is 15.3. The van der Waals surface area contributed by atoms with E-state index in [-0.39, 0.29) is 10.8 Å². The fourth-order valence-corrected chi connectivity index (χ4v) is 4.31. The van der Waals surface area contributed by atoms with Crippen molar-refractivity contribution in [2.24, 2.45) is 10.2 Å². The molecule has 0 aliphatic heterocycles. The zero-order chi connectivity index (χ0) is 24.1. The molecule has 0 aliphatic carbocycles. The lowest BCUT2D eigenvalue weighted by Crippen LogP contribution is -2.00. The molecule has 0 atom stereocenters. The Kier molecular flexibility index (Phi) is 5.71. The molecule has 0 aliphatic rings. The van der Waals surface area contributed by atoms with Gasteiger partial charge in [-0.15, -0.1) is 10.2 Å². The van der Waals surface area contributed by atoms with Crippen molar-refractivity contribution in [3.63, 3.8) is 0 Å². The van der Waals surface area contributed by atoms with Crippen LogP contribution >= 0.6 is 0 Å². The molecule has 0 heterocycles. The topological polar surface area (TPSA) is 228 Å². The molecule has 32 heavy (non-hydrogen) atoms. The molecule has 3 rings (SSSR count). The van der Waals surface area contributed by atoms with Crippen molar-refractivity contribution in [3.05, 3.63) is 42.5 Å². The van der Waals surface area contributed by atoms with Crippen LogP contribution < -0.4 is 0 Å². The van der Waals surface area contributed by atoms with Crippen LogP contribution in [-0.2, 0) is 30.4 Å².